The molecule has 2 heteroatoms. The van der Waals surface area contributed by atoms with Crippen LogP contribution in [0.1, 0.15) is 49.4 Å². The van der Waals surface area contributed by atoms with Crippen LogP contribution in [0.15, 0.2) is 52.1 Å². The van der Waals surface area contributed by atoms with Crippen LogP contribution in [0.4, 0.5) is 0 Å². The normalized spacial score (nSPS) is 12.7. The minimum absolute atomic E-state index is 0.146. The summed E-state index contributed by atoms with van der Waals surface area (Å²) < 4.78 is 1.44. The van der Waals surface area contributed by atoms with Crippen molar-refractivity contribution in [1.82, 2.24) is 0 Å². The number of ketones is 1. The molecule has 0 radical (unpaired) electrons. The third-order valence-electron chi connectivity index (χ3n) is 4.00. The van der Waals surface area contributed by atoms with Gasteiger partial charge in [0.15, 0.2) is 0 Å². The Bertz CT molecular complexity index is 520. The molecule has 1 rings (SSSR count). The number of rotatable bonds is 9. The fourth-order valence-electron chi connectivity index (χ4n) is 2.74. The van der Waals surface area contributed by atoms with Crippen LogP contribution in [0.2, 0.25) is 14.8 Å². The van der Waals surface area contributed by atoms with Gasteiger partial charge in [-0.1, -0.05) is 0 Å². The van der Waals surface area contributed by atoms with E-state index in [1.54, 1.807) is 6.08 Å². The van der Waals surface area contributed by atoms with Crippen molar-refractivity contribution in [1.29, 1.82) is 0 Å². The van der Waals surface area contributed by atoms with E-state index < -0.39 is 18.4 Å². The van der Waals surface area contributed by atoms with Gasteiger partial charge in [0.25, 0.3) is 0 Å². The Morgan fingerprint density at radius 2 is 1.73 bits per heavy atom. The van der Waals surface area contributed by atoms with Gasteiger partial charge in [-0.05, 0) is 0 Å². The number of Topliss-reactive ketones (excluding diaryl/α,β-unsaturated/α-hetero) is 1. The second kappa shape index (κ2) is 9.34. The maximum absolute atomic E-state index is 12.9. The van der Waals surface area contributed by atoms with Gasteiger partial charge in [0.2, 0.25) is 0 Å². The number of carbonyl (C=O) groups is 1. The number of hydrogen-bond acceptors (Lipinski definition) is 1. The molecule has 120 valence electrons. The summed E-state index contributed by atoms with van der Waals surface area (Å²) in [4.78, 5) is 20.0. The summed E-state index contributed by atoms with van der Waals surface area (Å²) >= 11 is -2.32. The SMILES string of the molecule is C=C/C(C(=O)c1ccccc1)=[C](\CCCCCC)[Sn]([CH3])([CH3])[CH3]. The fourth-order valence-corrected chi connectivity index (χ4v) is 8.31. The summed E-state index contributed by atoms with van der Waals surface area (Å²) in [5.41, 5.74) is 1.66. The van der Waals surface area contributed by atoms with Gasteiger partial charge in [0.1, 0.15) is 0 Å². The van der Waals surface area contributed by atoms with Crippen LogP contribution < -0.4 is 0 Å². The van der Waals surface area contributed by atoms with E-state index in [1.165, 1.54) is 29.3 Å². The third-order valence-corrected chi connectivity index (χ3v) is 10.6. The van der Waals surface area contributed by atoms with Crippen molar-refractivity contribution >= 4 is 24.2 Å². The Morgan fingerprint density at radius 3 is 2.23 bits per heavy atom. The summed E-state index contributed by atoms with van der Waals surface area (Å²) in [6, 6.07) is 9.60. The first kappa shape index (κ1) is 19.2. The number of unbranched alkanes of at least 4 members (excludes halogenated alkanes) is 3. The average molecular weight is 405 g/mol. The maximum atomic E-state index is 12.9. The summed E-state index contributed by atoms with van der Waals surface area (Å²) in [5.74, 6) is 0.146. The molecule has 0 bridgehead atoms. The minimum atomic E-state index is -2.32. The zero-order valence-electron chi connectivity index (χ0n) is 14.6. The molecule has 0 spiro atoms. The van der Waals surface area contributed by atoms with E-state index in [9.17, 15) is 4.79 Å². The Kier molecular flexibility index (Phi) is 8.16. The molecule has 0 aliphatic rings. The standard InChI is InChI=1S/C17H21O.3CH3.Sn/c1-3-5-6-7-9-12-15(4-2)17(18)16-13-10-8-11-14-16;;;;/h4,8,10-11,13-14H,2-3,5-7,9H2,1H3;3*1H3;. The monoisotopic (exact) mass is 406 g/mol. The third kappa shape index (κ3) is 5.75. The van der Waals surface area contributed by atoms with E-state index in [1.807, 2.05) is 30.3 Å². The summed E-state index contributed by atoms with van der Waals surface area (Å²) in [6.07, 6.45) is 7.84. The molecular weight excluding hydrogens is 375 g/mol. The van der Waals surface area contributed by atoms with Gasteiger partial charge in [-0.15, -0.1) is 0 Å². The van der Waals surface area contributed by atoms with Crippen LogP contribution in [0.3, 0.4) is 0 Å². The van der Waals surface area contributed by atoms with Crippen molar-refractivity contribution in [2.24, 2.45) is 0 Å². The number of hydrogen-bond donors (Lipinski definition) is 0. The molecule has 1 aromatic carbocycles. The Hall–Kier alpha value is -0.831. The molecule has 0 amide bonds. The van der Waals surface area contributed by atoms with Gasteiger partial charge < -0.3 is 0 Å². The van der Waals surface area contributed by atoms with Gasteiger partial charge >= 0.3 is 141 Å². The van der Waals surface area contributed by atoms with Crippen molar-refractivity contribution in [2.75, 3.05) is 0 Å². The average Bonchev–Trinajstić information content (AvgIpc) is 2.49. The van der Waals surface area contributed by atoms with Crippen LogP contribution in [0, 0.1) is 0 Å². The fraction of sp³-hybridized carbons (Fsp3) is 0.450. The summed E-state index contributed by atoms with van der Waals surface area (Å²) in [7, 11) is 0. The second-order valence-electron chi connectivity index (χ2n) is 6.85. The quantitative estimate of drug-likeness (QED) is 0.157. The van der Waals surface area contributed by atoms with Gasteiger partial charge in [0, 0.05) is 0 Å². The van der Waals surface area contributed by atoms with Gasteiger partial charge in [-0.25, -0.2) is 0 Å². The predicted molar refractivity (Wildman–Crippen MR) is 100 cm³/mol. The molecule has 0 saturated carbocycles. The molecule has 0 N–H and O–H groups in total. The Balaban J connectivity index is 3.10. The zero-order valence-corrected chi connectivity index (χ0v) is 17.5. The molecule has 0 saturated heterocycles. The molecule has 22 heavy (non-hydrogen) atoms. The molecule has 0 atom stereocenters. The van der Waals surface area contributed by atoms with Crippen molar-refractivity contribution in [3.05, 3.63) is 57.7 Å². The Morgan fingerprint density at radius 1 is 1.09 bits per heavy atom. The van der Waals surface area contributed by atoms with Crippen molar-refractivity contribution in [3.63, 3.8) is 0 Å². The van der Waals surface area contributed by atoms with Crippen LogP contribution in [-0.2, 0) is 0 Å². The molecule has 1 nitrogen and oxygen atoms in total. The molecule has 0 aliphatic carbocycles. The van der Waals surface area contributed by atoms with E-state index in [4.69, 9.17) is 0 Å². The number of carbonyl (C=O) groups excluding carboxylic acids is 1. The number of benzene rings is 1. The van der Waals surface area contributed by atoms with E-state index in [2.05, 4.69) is 28.3 Å². The molecule has 0 fully saturated rings. The molecule has 0 heterocycles. The van der Waals surface area contributed by atoms with Crippen LogP contribution >= 0.6 is 0 Å². The first-order valence-corrected chi connectivity index (χ1v) is 18.4. The van der Waals surface area contributed by atoms with E-state index >= 15 is 0 Å². The second-order valence-corrected chi connectivity index (χ2v) is 21.4. The predicted octanol–water partition coefficient (Wildman–Crippen LogP) is 6.20. The van der Waals surface area contributed by atoms with Crippen LogP contribution in [-0.4, -0.2) is 24.2 Å². The molecule has 0 unspecified atom stereocenters. The molecular formula is C20H30OSn. The Labute approximate surface area is 140 Å². The number of allylic oxidation sites excluding steroid dienone is 3. The molecule has 1 aromatic rings. The first-order chi connectivity index (χ1) is 10.4. The van der Waals surface area contributed by atoms with E-state index in [-0.39, 0.29) is 5.78 Å². The van der Waals surface area contributed by atoms with Crippen molar-refractivity contribution in [3.8, 4) is 0 Å². The summed E-state index contributed by atoms with van der Waals surface area (Å²) in [6.45, 7) is 6.17. The van der Waals surface area contributed by atoms with Crippen molar-refractivity contribution < 1.29 is 4.79 Å². The zero-order chi connectivity index (χ0) is 16.6. The van der Waals surface area contributed by atoms with Crippen LogP contribution in [0.5, 0.6) is 0 Å². The van der Waals surface area contributed by atoms with Crippen LogP contribution in [0.25, 0.3) is 0 Å². The van der Waals surface area contributed by atoms with Gasteiger partial charge in [0.05, 0.1) is 0 Å². The van der Waals surface area contributed by atoms with Gasteiger partial charge in [-0.2, -0.15) is 0 Å². The first-order valence-electron chi connectivity index (χ1n) is 8.37. The topological polar surface area (TPSA) is 17.1 Å². The van der Waals surface area contributed by atoms with Crippen molar-refractivity contribution in [2.45, 2.75) is 53.8 Å². The van der Waals surface area contributed by atoms with Gasteiger partial charge in [-0.3, -0.25) is 0 Å². The summed E-state index contributed by atoms with van der Waals surface area (Å²) in [5, 5.41) is 0. The van der Waals surface area contributed by atoms with E-state index in [0.717, 1.165) is 17.6 Å². The molecule has 0 aromatic heterocycles. The molecule has 0 aliphatic heterocycles. The van der Waals surface area contributed by atoms with E-state index in [0.29, 0.717) is 0 Å².